The molecule has 0 radical (unpaired) electrons. The predicted molar refractivity (Wildman–Crippen MR) is 92.9 cm³/mol. The molecule has 0 N–H and O–H groups in total. The molecule has 1 amide bonds. The first-order valence-electron chi connectivity index (χ1n) is 8.54. The summed E-state index contributed by atoms with van der Waals surface area (Å²) in [5.41, 5.74) is 2.83. The molecule has 0 aliphatic carbocycles. The summed E-state index contributed by atoms with van der Waals surface area (Å²) in [6.07, 6.45) is 1.35. The molecule has 1 aliphatic rings. The summed E-state index contributed by atoms with van der Waals surface area (Å²) >= 11 is 0. The SMILES string of the molecule is CCOC(=O)C1CCN(C(=O)c2c(C)n(C)c3ccccc23)CC1. The van der Waals surface area contributed by atoms with Crippen molar-refractivity contribution in [2.45, 2.75) is 26.7 Å². The lowest BCUT2D eigenvalue weighted by atomic mass is 9.96. The van der Waals surface area contributed by atoms with Crippen LogP contribution < -0.4 is 0 Å². The van der Waals surface area contributed by atoms with E-state index in [1.165, 1.54) is 0 Å². The molecule has 1 saturated heterocycles. The van der Waals surface area contributed by atoms with Crippen LogP contribution in [0.15, 0.2) is 24.3 Å². The van der Waals surface area contributed by atoms with Crippen LogP contribution >= 0.6 is 0 Å². The van der Waals surface area contributed by atoms with Crippen molar-refractivity contribution in [1.29, 1.82) is 0 Å². The number of ether oxygens (including phenoxy) is 1. The van der Waals surface area contributed by atoms with Crippen LogP contribution in [0.2, 0.25) is 0 Å². The van der Waals surface area contributed by atoms with Gasteiger partial charge in [0.15, 0.2) is 0 Å². The minimum Gasteiger partial charge on any atom is -0.466 e. The van der Waals surface area contributed by atoms with Gasteiger partial charge in [-0.25, -0.2) is 0 Å². The smallest absolute Gasteiger partial charge is 0.309 e. The van der Waals surface area contributed by atoms with Gasteiger partial charge in [-0.1, -0.05) is 18.2 Å². The summed E-state index contributed by atoms with van der Waals surface area (Å²) in [5, 5.41) is 0.995. The molecule has 2 aromatic rings. The lowest BCUT2D eigenvalue weighted by Crippen LogP contribution is -2.40. The molecule has 24 heavy (non-hydrogen) atoms. The molecule has 3 rings (SSSR count). The predicted octanol–water partition coefficient (Wildman–Crippen LogP) is 2.90. The van der Waals surface area contributed by atoms with Gasteiger partial charge in [0.2, 0.25) is 0 Å². The van der Waals surface area contributed by atoms with Crippen molar-refractivity contribution in [3.05, 3.63) is 35.5 Å². The molecule has 1 aliphatic heterocycles. The molecule has 0 spiro atoms. The first kappa shape index (κ1) is 16.6. The van der Waals surface area contributed by atoms with E-state index in [0.29, 0.717) is 32.5 Å². The van der Waals surface area contributed by atoms with Crippen LogP contribution in [0.5, 0.6) is 0 Å². The number of fused-ring (bicyclic) bond motifs is 1. The standard InChI is InChI=1S/C19H24N2O3/c1-4-24-19(23)14-9-11-21(12-10-14)18(22)17-13(2)20(3)16-8-6-5-7-15(16)17/h5-8,14H,4,9-12H2,1-3H3. The number of para-hydroxylation sites is 1. The average Bonchev–Trinajstić information content (AvgIpc) is 2.86. The van der Waals surface area contributed by atoms with Crippen molar-refractivity contribution in [2.75, 3.05) is 19.7 Å². The summed E-state index contributed by atoms with van der Waals surface area (Å²) in [5.74, 6) is -0.153. The summed E-state index contributed by atoms with van der Waals surface area (Å²) in [4.78, 5) is 26.8. The topological polar surface area (TPSA) is 51.5 Å². The summed E-state index contributed by atoms with van der Waals surface area (Å²) < 4.78 is 7.16. The van der Waals surface area contributed by atoms with Crippen molar-refractivity contribution in [1.82, 2.24) is 9.47 Å². The van der Waals surface area contributed by atoms with Gasteiger partial charge in [0.25, 0.3) is 5.91 Å². The minimum atomic E-state index is -0.133. The molecular formula is C19H24N2O3. The summed E-state index contributed by atoms with van der Waals surface area (Å²) in [7, 11) is 1.99. The second-order valence-electron chi connectivity index (χ2n) is 6.36. The number of rotatable bonds is 3. The molecule has 0 saturated carbocycles. The Morgan fingerprint density at radius 3 is 2.54 bits per heavy atom. The van der Waals surface area contributed by atoms with E-state index in [1.807, 2.05) is 50.1 Å². The van der Waals surface area contributed by atoms with Gasteiger partial charge in [-0.05, 0) is 32.8 Å². The Balaban J connectivity index is 1.79. The van der Waals surface area contributed by atoms with Crippen LogP contribution in [-0.4, -0.2) is 41.0 Å². The van der Waals surface area contributed by atoms with Crippen molar-refractivity contribution in [3.63, 3.8) is 0 Å². The third-order valence-corrected chi connectivity index (χ3v) is 5.02. The van der Waals surface area contributed by atoms with E-state index < -0.39 is 0 Å². The summed E-state index contributed by atoms with van der Waals surface area (Å²) in [6, 6.07) is 7.99. The quantitative estimate of drug-likeness (QED) is 0.814. The monoisotopic (exact) mass is 328 g/mol. The molecule has 5 heteroatoms. The van der Waals surface area contributed by atoms with Gasteiger partial charge in [-0.2, -0.15) is 0 Å². The fourth-order valence-electron chi connectivity index (χ4n) is 3.53. The second kappa shape index (κ2) is 6.67. The highest BCUT2D eigenvalue weighted by Gasteiger charge is 2.30. The highest BCUT2D eigenvalue weighted by atomic mass is 16.5. The van der Waals surface area contributed by atoms with Gasteiger partial charge in [-0.3, -0.25) is 9.59 Å². The fourth-order valence-corrected chi connectivity index (χ4v) is 3.53. The lowest BCUT2D eigenvalue weighted by Gasteiger charge is -2.31. The van der Waals surface area contributed by atoms with Crippen LogP contribution in [0.4, 0.5) is 0 Å². The number of likely N-dealkylation sites (tertiary alicyclic amines) is 1. The number of amides is 1. The number of piperidine rings is 1. The van der Waals surface area contributed by atoms with Crippen LogP contribution in [0.3, 0.4) is 0 Å². The molecular weight excluding hydrogens is 304 g/mol. The lowest BCUT2D eigenvalue weighted by molar-refractivity contribution is -0.149. The van der Waals surface area contributed by atoms with Crippen LogP contribution in [0.1, 0.15) is 35.8 Å². The molecule has 5 nitrogen and oxygen atoms in total. The molecule has 0 atom stereocenters. The molecule has 1 aromatic heterocycles. The Hall–Kier alpha value is -2.30. The molecule has 0 unspecified atom stereocenters. The van der Waals surface area contributed by atoms with Crippen LogP contribution in [0, 0.1) is 12.8 Å². The maximum Gasteiger partial charge on any atom is 0.309 e. The zero-order valence-electron chi connectivity index (χ0n) is 14.5. The molecule has 0 bridgehead atoms. The number of hydrogen-bond acceptors (Lipinski definition) is 3. The second-order valence-corrected chi connectivity index (χ2v) is 6.36. The number of benzene rings is 1. The summed E-state index contributed by atoms with van der Waals surface area (Å²) in [6.45, 7) is 5.42. The number of carbonyl (C=O) groups is 2. The van der Waals surface area contributed by atoms with Crippen LogP contribution in [0.25, 0.3) is 10.9 Å². The first-order chi connectivity index (χ1) is 11.5. The number of hydrogen-bond donors (Lipinski definition) is 0. The number of aryl methyl sites for hydroxylation is 1. The van der Waals surface area contributed by atoms with E-state index in [9.17, 15) is 9.59 Å². The van der Waals surface area contributed by atoms with Gasteiger partial charge in [0.1, 0.15) is 0 Å². The van der Waals surface area contributed by atoms with E-state index in [2.05, 4.69) is 4.57 Å². The third-order valence-electron chi connectivity index (χ3n) is 5.02. The van der Waals surface area contributed by atoms with E-state index in [4.69, 9.17) is 4.74 Å². The number of aromatic nitrogens is 1. The number of carbonyl (C=O) groups excluding carboxylic acids is 2. The van der Waals surface area contributed by atoms with E-state index in [1.54, 1.807) is 0 Å². The number of esters is 1. The Morgan fingerprint density at radius 1 is 1.21 bits per heavy atom. The highest BCUT2D eigenvalue weighted by Crippen LogP contribution is 2.28. The van der Waals surface area contributed by atoms with Gasteiger partial charge >= 0.3 is 5.97 Å². The molecule has 2 heterocycles. The van der Waals surface area contributed by atoms with Crippen molar-refractivity contribution in [3.8, 4) is 0 Å². The van der Waals surface area contributed by atoms with Gasteiger partial charge in [-0.15, -0.1) is 0 Å². The fraction of sp³-hybridized carbons (Fsp3) is 0.474. The Kier molecular flexibility index (Phi) is 4.60. The van der Waals surface area contributed by atoms with E-state index in [0.717, 1.165) is 22.2 Å². The van der Waals surface area contributed by atoms with E-state index >= 15 is 0 Å². The van der Waals surface area contributed by atoms with Gasteiger partial charge in [0, 0.05) is 36.7 Å². The highest BCUT2D eigenvalue weighted by molar-refractivity contribution is 6.08. The Morgan fingerprint density at radius 2 is 1.88 bits per heavy atom. The molecule has 1 aromatic carbocycles. The Bertz CT molecular complexity index is 770. The maximum atomic E-state index is 13.0. The van der Waals surface area contributed by atoms with Gasteiger partial charge in [0.05, 0.1) is 18.1 Å². The van der Waals surface area contributed by atoms with Gasteiger partial charge < -0.3 is 14.2 Å². The van der Waals surface area contributed by atoms with Crippen LogP contribution in [-0.2, 0) is 16.6 Å². The van der Waals surface area contributed by atoms with Crippen molar-refractivity contribution < 1.29 is 14.3 Å². The third kappa shape index (κ3) is 2.79. The number of nitrogens with zero attached hydrogens (tertiary/aromatic N) is 2. The molecule has 128 valence electrons. The minimum absolute atomic E-state index is 0.0617. The zero-order chi connectivity index (χ0) is 17.3. The van der Waals surface area contributed by atoms with Crippen molar-refractivity contribution >= 4 is 22.8 Å². The Labute approximate surface area is 142 Å². The average molecular weight is 328 g/mol. The zero-order valence-corrected chi connectivity index (χ0v) is 14.5. The molecule has 1 fully saturated rings. The largest absolute Gasteiger partial charge is 0.466 e. The van der Waals surface area contributed by atoms with E-state index in [-0.39, 0.29) is 17.8 Å². The normalized spacial score (nSPS) is 15.7. The maximum absolute atomic E-state index is 13.0. The van der Waals surface area contributed by atoms with Crippen molar-refractivity contribution in [2.24, 2.45) is 13.0 Å². The first-order valence-corrected chi connectivity index (χ1v) is 8.54.